The molecule has 0 aliphatic carbocycles. The van der Waals surface area contributed by atoms with E-state index in [1.807, 2.05) is 26.0 Å². The van der Waals surface area contributed by atoms with Crippen molar-refractivity contribution in [3.8, 4) is 11.5 Å². The lowest BCUT2D eigenvalue weighted by Gasteiger charge is -2.10. The summed E-state index contributed by atoms with van der Waals surface area (Å²) in [6, 6.07) is 18.9. The minimum absolute atomic E-state index is 0.0158. The maximum absolute atomic E-state index is 12.5. The molecule has 0 aliphatic heterocycles. The van der Waals surface area contributed by atoms with Gasteiger partial charge in [-0.1, -0.05) is 24.3 Å². The number of Topliss-reactive ketones (excluding diaryl/α,β-unsaturated/α-hetero) is 1. The van der Waals surface area contributed by atoms with Crippen LogP contribution in [0.4, 0.5) is 5.69 Å². The average Bonchev–Trinajstić information content (AvgIpc) is 2.80. The molecule has 6 heteroatoms. The molecule has 0 radical (unpaired) electrons. The average molecular weight is 431 g/mol. The van der Waals surface area contributed by atoms with Crippen molar-refractivity contribution >= 4 is 23.3 Å². The number of anilines is 1. The van der Waals surface area contributed by atoms with Crippen LogP contribution in [0, 0.1) is 13.8 Å². The summed E-state index contributed by atoms with van der Waals surface area (Å²) in [5.41, 5.74) is 3.71. The fourth-order valence-electron chi connectivity index (χ4n) is 3.09. The molecular weight excluding hydrogens is 406 g/mol. The van der Waals surface area contributed by atoms with Crippen LogP contribution >= 0.6 is 0 Å². The number of hydrogen-bond donors (Lipinski definition) is 1. The summed E-state index contributed by atoms with van der Waals surface area (Å²) in [6.45, 7) is 3.93. The Morgan fingerprint density at radius 1 is 0.844 bits per heavy atom. The third kappa shape index (κ3) is 5.82. The maximum atomic E-state index is 12.5. The number of rotatable bonds is 8. The van der Waals surface area contributed by atoms with Gasteiger partial charge in [-0.2, -0.15) is 0 Å². The highest BCUT2D eigenvalue weighted by Gasteiger charge is 2.13. The Bertz CT molecular complexity index is 1140. The second-order valence-corrected chi connectivity index (χ2v) is 7.38. The molecule has 1 amide bonds. The van der Waals surface area contributed by atoms with Gasteiger partial charge in [-0.05, 0) is 67.4 Å². The molecule has 0 bridgehead atoms. The molecule has 164 valence electrons. The van der Waals surface area contributed by atoms with Gasteiger partial charge in [0.25, 0.3) is 5.91 Å². The summed E-state index contributed by atoms with van der Waals surface area (Å²) >= 11 is 0. The van der Waals surface area contributed by atoms with E-state index < -0.39 is 5.97 Å². The van der Waals surface area contributed by atoms with E-state index in [2.05, 4.69) is 5.32 Å². The van der Waals surface area contributed by atoms with Gasteiger partial charge in [0.1, 0.15) is 11.5 Å². The monoisotopic (exact) mass is 431 g/mol. The van der Waals surface area contributed by atoms with Crippen LogP contribution in [0.25, 0.3) is 0 Å². The van der Waals surface area contributed by atoms with E-state index in [-0.39, 0.29) is 24.5 Å². The van der Waals surface area contributed by atoms with Gasteiger partial charge in [0.05, 0.1) is 19.1 Å². The Hall–Kier alpha value is -3.93. The maximum Gasteiger partial charge on any atom is 0.311 e. The van der Waals surface area contributed by atoms with Crippen molar-refractivity contribution < 1.29 is 23.9 Å². The lowest BCUT2D eigenvalue weighted by Crippen LogP contribution is -2.13. The van der Waals surface area contributed by atoms with Crippen molar-refractivity contribution in [2.45, 2.75) is 26.7 Å². The van der Waals surface area contributed by atoms with E-state index in [0.717, 1.165) is 11.1 Å². The van der Waals surface area contributed by atoms with Crippen molar-refractivity contribution in [3.05, 3.63) is 89.0 Å². The molecule has 3 rings (SSSR count). The largest absolute Gasteiger partial charge is 0.496 e. The van der Waals surface area contributed by atoms with Crippen LogP contribution in [0.1, 0.15) is 44.7 Å². The first-order chi connectivity index (χ1) is 15.4. The zero-order chi connectivity index (χ0) is 23.1. The van der Waals surface area contributed by atoms with Crippen LogP contribution in [0.5, 0.6) is 11.5 Å². The number of methoxy groups -OCH3 is 1. The van der Waals surface area contributed by atoms with Gasteiger partial charge >= 0.3 is 5.97 Å². The number of ether oxygens (including phenoxy) is 2. The van der Waals surface area contributed by atoms with Crippen LogP contribution in [0.2, 0.25) is 0 Å². The third-order valence-electron chi connectivity index (χ3n) is 5.08. The lowest BCUT2D eigenvalue weighted by atomic mass is 10.0. The summed E-state index contributed by atoms with van der Waals surface area (Å²) in [4.78, 5) is 36.9. The van der Waals surface area contributed by atoms with Crippen molar-refractivity contribution in [1.29, 1.82) is 0 Å². The minimum Gasteiger partial charge on any atom is -0.496 e. The normalized spacial score (nSPS) is 10.3. The van der Waals surface area contributed by atoms with Crippen LogP contribution < -0.4 is 14.8 Å². The molecule has 3 aromatic rings. The van der Waals surface area contributed by atoms with Gasteiger partial charge in [0, 0.05) is 17.7 Å². The highest BCUT2D eigenvalue weighted by Crippen LogP contribution is 2.21. The number of nitrogens with one attached hydrogen (secondary N) is 1. The molecule has 0 aromatic heterocycles. The van der Waals surface area contributed by atoms with E-state index in [4.69, 9.17) is 9.47 Å². The summed E-state index contributed by atoms with van der Waals surface area (Å²) in [5.74, 6) is -0.0840. The molecule has 3 aromatic carbocycles. The molecule has 0 saturated carbocycles. The zero-order valence-corrected chi connectivity index (χ0v) is 18.3. The van der Waals surface area contributed by atoms with Gasteiger partial charge < -0.3 is 14.8 Å². The second-order valence-electron chi connectivity index (χ2n) is 7.38. The fourth-order valence-corrected chi connectivity index (χ4v) is 3.09. The van der Waals surface area contributed by atoms with E-state index in [1.54, 1.807) is 54.6 Å². The van der Waals surface area contributed by atoms with Crippen LogP contribution in [-0.4, -0.2) is 24.8 Å². The quantitative estimate of drug-likeness (QED) is 0.304. The number of para-hydroxylation sites is 1. The predicted octanol–water partition coefficient (Wildman–Crippen LogP) is 5.13. The number of ketones is 1. The number of hydrogen-bond acceptors (Lipinski definition) is 5. The van der Waals surface area contributed by atoms with Crippen molar-refractivity contribution in [1.82, 2.24) is 0 Å². The van der Waals surface area contributed by atoms with E-state index >= 15 is 0 Å². The van der Waals surface area contributed by atoms with E-state index in [0.29, 0.717) is 28.3 Å². The molecule has 32 heavy (non-hydrogen) atoms. The van der Waals surface area contributed by atoms with Crippen molar-refractivity contribution in [3.63, 3.8) is 0 Å². The predicted molar refractivity (Wildman–Crippen MR) is 123 cm³/mol. The first-order valence-corrected chi connectivity index (χ1v) is 10.2. The van der Waals surface area contributed by atoms with Crippen molar-refractivity contribution in [2.75, 3.05) is 12.4 Å². The molecule has 1 N–H and O–H groups in total. The molecule has 0 heterocycles. The minimum atomic E-state index is -0.493. The van der Waals surface area contributed by atoms with Gasteiger partial charge in [-0.3, -0.25) is 14.4 Å². The number of esters is 1. The molecule has 0 fully saturated rings. The Kier molecular flexibility index (Phi) is 7.39. The summed E-state index contributed by atoms with van der Waals surface area (Å²) in [6.07, 6.45) is 0.0619. The molecular formula is C26H25NO5. The first-order valence-electron chi connectivity index (χ1n) is 10.2. The fraction of sp³-hybridized carbons (Fsp3) is 0.192. The first kappa shape index (κ1) is 22.7. The number of aryl methyl sites for hydroxylation is 2. The van der Waals surface area contributed by atoms with E-state index in [9.17, 15) is 14.4 Å². The van der Waals surface area contributed by atoms with Crippen LogP contribution in [0.3, 0.4) is 0 Å². The van der Waals surface area contributed by atoms with Crippen molar-refractivity contribution in [2.24, 2.45) is 0 Å². The van der Waals surface area contributed by atoms with Gasteiger partial charge in [-0.25, -0.2) is 0 Å². The number of benzene rings is 3. The molecule has 0 saturated heterocycles. The lowest BCUT2D eigenvalue weighted by molar-refractivity contribution is -0.134. The zero-order valence-electron chi connectivity index (χ0n) is 18.3. The van der Waals surface area contributed by atoms with Gasteiger partial charge in [0.2, 0.25) is 0 Å². The molecule has 0 spiro atoms. The van der Waals surface area contributed by atoms with Gasteiger partial charge in [-0.15, -0.1) is 0 Å². The highest BCUT2D eigenvalue weighted by molar-refractivity contribution is 6.06. The Morgan fingerprint density at radius 2 is 1.56 bits per heavy atom. The smallest absolute Gasteiger partial charge is 0.311 e. The number of carbonyl (C=O) groups excluding carboxylic acids is 3. The Balaban J connectivity index is 1.52. The topological polar surface area (TPSA) is 81.7 Å². The second kappa shape index (κ2) is 10.4. The van der Waals surface area contributed by atoms with Crippen LogP contribution in [-0.2, 0) is 4.79 Å². The standard InChI is InChI=1S/C26H25NO5/c1-17-8-9-19(16-18(17)2)23(28)14-15-25(29)32-21-12-10-20(11-13-21)27-26(30)22-6-4-5-7-24(22)31-3/h4-13,16H,14-15H2,1-3H3,(H,27,30). The third-order valence-corrected chi connectivity index (χ3v) is 5.08. The number of amides is 1. The molecule has 0 atom stereocenters. The van der Waals surface area contributed by atoms with Crippen LogP contribution in [0.15, 0.2) is 66.7 Å². The molecule has 0 aliphatic rings. The number of carbonyl (C=O) groups is 3. The van der Waals surface area contributed by atoms with Gasteiger partial charge in [0.15, 0.2) is 5.78 Å². The molecule has 0 unspecified atom stereocenters. The SMILES string of the molecule is COc1ccccc1C(=O)Nc1ccc(OC(=O)CCC(=O)c2ccc(C)c(C)c2)cc1. The highest BCUT2D eigenvalue weighted by atomic mass is 16.5. The summed E-state index contributed by atoms with van der Waals surface area (Å²) < 4.78 is 10.5. The summed E-state index contributed by atoms with van der Waals surface area (Å²) in [7, 11) is 1.50. The molecule has 6 nitrogen and oxygen atoms in total. The summed E-state index contributed by atoms with van der Waals surface area (Å²) in [5, 5.41) is 2.78. The Labute approximate surface area is 187 Å². The van der Waals surface area contributed by atoms with E-state index in [1.165, 1.54) is 7.11 Å². The Morgan fingerprint density at radius 3 is 2.25 bits per heavy atom.